The van der Waals surface area contributed by atoms with Gasteiger partial charge >= 0.3 is 6.09 Å². The van der Waals surface area contributed by atoms with Crippen LogP contribution in [0.1, 0.15) is 65.5 Å². The lowest BCUT2D eigenvalue weighted by Crippen LogP contribution is -2.54. The third kappa shape index (κ3) is 6.10. The molecule has 0 aromatic heterocycles. The molecule has 0 fully saturated rings. The highest BCUT2D eigenvalue weighted by atomic mass is 16.6. The summed E-state index contributed by atoms with van der Waals surface area (Å²) >= 11 is 0. The lowest BCUT2D eigenvalue weighted by Gasteiger charge is -2.41. The molecule has 5 heteroatoms. The number of nitrogens with zero attached hydrogens (tertiary/aromatic N) is 1. The Labute approximate surface area is 139 Å². The number of hydrogen-bond donors (Lipinski definition) is 2. The van der Waals surface area contributed by atoms with Gasteiger partial charge in [-0.05, 0) is 51.3 Å². The minimum absolute atomic E-state index is 0.00525. The Balaban J connectivity index is 2.90. The van der Waals surface area contributed by atoms with Crippen LogP contribution in [0.5, 0.6) is 5.75 Å². The first-order valence-corrected chi connectivity index (χ1v) is 8.31. The van der Waals surface area contributed by atoms with E-state index in [-0.39, 0.29) is 17.3 Å². The van der Waals surface area contributed by atoms with Gasteiger partial charge in [-0.1, -0.05) is 32.4 Å². The monoisotopic (exact) mass is 322 g/mol. The van der Waals surface area contributed by atoms with Crippen molar-refractivity contribution in [2.75, 3.05) is 6.61 Å². The Morgan fingerprint density at radius 2 is 1.87 bits per heavy atom. The number of phenolic OH excluding ortho intramolecular Hbond substituents is 1. The molecule has 0 radical (unpaired) electrons. The van der Waals surface area contributed by atoms with Crippen molar-refractivity contribution in [1.29, 1.82) is 0 Å². The zero-order chi connectivity index (χ0) is 17.5. The molecule has 0 heterocycles. The number of unbranched alkanes of at least 4 members (excludes halogenated alkanes) is 1. The number of hydrogen-bond acceptors (Lipinski definition) is 4. The summed E-state index contributed by atoms with van der Waals surface area (Å²) in [6, 6.07) is 7.09. The maximum absolute atomic E-state index is 12.1. The molecule has 0 aliphatic heterocycles. The predicted molar refractivity (Wildman–Crippen MR) is 92.1 cm³/mol. The minimum Gasteiger partial charge on any atom is -0.508 e. The van der Waals surface area contributed by atoms with Crippen LogP contribution in [0.2, 0.25) is 0 Å². The molecule has 1 aromatic carbocycles. The second kappa shape index (κ2) is 8.77. The van der Waals surface area contributed by atoms with Crippen LogP contribution in [-0.4, -0.2) is 28.4 Å². The van der Waals surface area contributed by atoms with E-state index < -0.39 is 6.09 Å². The topological polar surface area (TPSA) is 61.8 Å². The molecular formula is C18H30N2O3. The summed E-state index contributed by atoms with van der Waals surface area (Å²) in [4.78, 5) is 12.1. The molecule has 1 amide bonds. The van der Waals surface area contributed by atoms with E-state index in [1.165, 1.54) is 0 Å². The predicted octanol–water partition coefficient (Wildman–Crippen LogP) is 4.39. The molecule has 0 saturated heterocycles. The Kier molecular flexibility index (Phi) is 7.36. The Morgan fingerprint density at radius 3 is 2.35 bits per heavy atom. The molecule has 0 aliphatic rings. The lowest BCUT2D eigenvalue weighted by atomic mass is 9.98. The van der Waals surface area contributed by atoms with Gasteiger partial charge in [0.15, 0.2) is 0 Å². The van der Waals surface area contributed by atoms with Crippen molar-refractivity contribution in [2.45, 2.75) is 65.5 Å². The maximum Gasteiger partial charge on any atom is 0.421 e. The molecule has 0 bridgehead atoms. The van der Waals surface area contributed by atoms with Crippen molar-refractivity contribution in [3.63, 3.8) is 0 Å². The number of carbonyl (C=O) groups excluding carboxylic acids is 1. The van der Waals surface area contributed by atoms with Gasteiger partial charge < -0.3 is 9.84 Å². The smallest absolute Gasteiger partial charge is 0.421 e. The summed E-state index contributed by atoms with van der Waals surface area (Å²) in [6.45, 7) is 10.7. The molecule has 130 valence electrons. The summed E-state index contributed by atoms with van der Waals surface area (Å²) in [7, 11) is 0. The third-order valence-corrected chi connectivity index (χ3v) is 3.64. The first kappa shape index (κ1) is 19.3. The summed E-state index contributed by atoms with van der Waals surface area (Å²) in [5.41, 5.74) is 3.65. The van der Waals surface area contributed by atoms with Crippen LogP contribution >= 0.6 is 0 Å². The minimum atomic E-state index is -0.425. The summed E-state index contributed by atoms with van der Waals surface area (Å²) < 4.78 is 5.23. The van der Waals surface area contributed by atoms with Gasteiger partial charge in [0.1, 0.15) is 5.75 Å². The molecule has 1 unspecified atom stereocenters. The summed E-state index contributed by atoms with van der Waals surface area (Å²) in [6.07, 6.45) is 2.24. The van der Waals surface area contributed by atoms with E-state index in [2.05, 4.69) is 19.3 Å². The second-order valence-corrected chi connectivity index (χ2v) is 6.66. The van der Waals surface area contributed by atoms with E-state index in [9.17, 15) is 9.90 Å². The van der Waals surface area contributed by atoms with Crippen molar-refractivity contribution in [3.8, 4) is 5.75 Å². The highest BCUT2D eigenvalue weighted by Crippen LogP contribution is 2.30. The largest absolute Gasteiger partial charge is 0.508 e. The highest BCUT2D eigenvalue weighted by molar-refractivity contribution is 5.66. The van der Waals surface area contributed by atoms with Crippen LogP contribution in [0.4, 0.5) is 4.79 Å². The molecular weight excluding hydrogens is 292 g/mol. The van der Waals surface area contributed by atoms with E-state index in [0.717, 1.165) is 24.8 Å². The van der Waals surface area contributed by atoms with Crippen molar-refractivity contribution in [3.05, 3.63) is 29.8 Å². The first-order valence-electron chi connectivity index (χ1n) is 8.31. The number of ether oxygens (including phenoxy) is 1. The number of rotatable bonds is 7. The van der Waals surface area contributed by atoms with Crippen molar-refractivity contribution in [1.82, 2.24) is 10.4 Å². The fraction of sp³-hybridized carbons (Fsp3) is 0.611. The number of phenols is 1. The van der Waals surface area contributed by atoms with Gasteiger partial charge in [0.2, 0.25) is 0 Å². The van der Waals surface area contributed by atoms with Crippen LogP contribution in [0.3, 0.4) is 0 Å². The van der Waals surface area contributed by atoms with Crippen LogP contribution in [0.15, 0.2) is 24.3 Å². The van der Waals surface area contributed by atoms with E-state index in [1.807, 2.05) is 37.9 Å². The Hall–Kier alpha value is -1.75. The van der Waals surface area contributed by atoms with Crippen molar-refractivity contribution >= 4 is 6.09 Å². The summed E-state index contributed by atoms with van der Waals surface area (Å²) in [5.74, 6) is 0.234. The molecule has 1 aromatic rings. The van der Waals surface area contributed by atoms with Crippen LogP contribution in [0.25, 0.3) is 0 Å². The van der Waals surface area contributed by atoms with Crippen LogP contribution in [-0.2, 0) is 4.74 Å². The molecule has 0 spiro atoms. The number of amides is 1. The third-order valence-electron chi connectivity index (χ3n) is 3.64. The highest BCUT2D eigenvalue weighted by Gasteiger charge is 2.31. The first-order chi connectivity index (χ1) is 10.8. The number of nitrogens with one attached hydrogen (secondary N) is 1. The molecule has 0 aliphatic carbocycles. The maximum atomic E-state index is 12.1. The summed E-state index contributed by atoms with van der Waals surface area (Å²) in [5, 5.41) is 11.4. The molecule has 1 rings (SSSR count). The molecule has 5 nitrogen and oxygen atoms in total. The van der Waals surface area contributed by atoms with Gasteiger partial charge in [0, 0.05) is 5.54 Å². The Bertz CT molecular complexity index is 480. The van der Waals surface area contributed by atoms with Gasteiger partial charge in [-0.25, -0.2) is 9.80 Å². The van der Waals surface area contributed by atoms with Crippen LogP contribution in [0, 0.1) is 0 Å². The van der Waals surface area contributed by atoms with E-state index in [4.69, 9.17) is 4.74 Å². The molecule has 1 atom stereocenters. The standard InChI is InChI=1S/C18H30N2O3/c1-6-8-13-23-17(22)19-20(18(3,4)5)16(7-2)14-9-11-15(21)12-10-14/h9-12,16,21H,6-8,13H2,1-5H3,(H,19,22). The van der Waals surface area contributed by atoms with Gasteiger partial charge in [0.25, 0.3) is 0 Å². The quantitative estimate of drug-likeness (QED) is 0.577. The average molecular weight is 322 g/mol. The van der Waals surface area contributed by atoms with E-state index >= 15 is 0 Å². The van der Waals surface area contributed by atoms with Gasteiger partial charge in [0.05, 0.1) is 12.6 Å². The SMILES string of the molecule is CCCCOC(=O)NN(C(CC)c1ccc(O)cc1)C(C)(C)C. The Morgan fingerprint density at radius 1 is 1.26 bits per heavy atom. The fourth-order valence-electron chi connectivity index (χ4n) is 2.42. The molecule has 23 heavy (non-hydrogen) atoms. The molecule has 0 saturated carbocycles. The number of benzene rings is 1. The van der Waals surface area contributed by atoms with Crippen LogP contribution < -0.4 is 5.43 Å². The average Bonchev–Trinajstić information content (AvgIpc) is 2.48. The van der Waals surface area contributed by atoms with Crippen molar-refractivity contribution in [2.24, 2.45) is 0 Å². The van der Waals surface area contributed by atoms with Gasteiger partial charge in [-0.3, -0.25) is 5.43 Å². The second-order valence-electron chi connectivity index (χ2n) is 6.66. The zero-order valence-corrected chi connectivity index (χ0v) is 14.9. The van der Waals surface area contributed by atoms with Gasteiger partial charge in [-0.2, -0.15) is 0 Å². The number of aromatic hydroxyl groups is 1. The fourth-order valence-corrected chi connectivity index (χ4v) is 2.42. The number of hydrazine groups is 1. The molecule has 2 N–H and O–H groups in total. The normalized spacial score (nSPS) is 13.0. The number of carbonyl (C=O) groups is 1. The van der Waals surface area contributed by atoms with Crippen molar-refractivity contribution < 1.29 is 14.6 Å². The van der Waals surface area contributed by atoms with E-state index in [0.29, 0.717) is 6.61 Å². The van der Waals surface area contributed by atoms with E-state index in [1.54, 1.807) is 12.1 Å². The zero-order valence-electron chi connectivity index (χ0n) is 14.9. The lowest BCUT2D eigenvalue weighted by molar-refractivity contribution is 0.0147. The van der Waals surface area contributed by atoms with Gasteiger partial charge in [-0.15, -0.1) is 0 Å².